The first kappa shape index (κ1) is 15.3. The number of amides is 1. The fraction of sp³-hybridized carbons (Fsp3) is 0.111. The van der Waals surface area contributed by atoms with Crippen molar-refractivity contribution in [1.82, 2.24) is 5.16 Å². The van der Waals surface area contributed by atoms with Crippen LogP contribution in [0.3, 0.4) is 0 Å². The van der Waals surface area contributed by atoms with Crippen molar-refractivity contribution in [1.29, 1.82) is 0 Å². The van der Waals surface area contributed by atoms with Crippen LogP contribution >= 0.6 is 11.6 Å². The van der Waals surface area contributed by atoms with Crippen LogP contribution in [-0.2, 0) is 9.67 Å². The second-order valence-electron chi connectivity index (χ2n) is 5.17. The summed E-state index contributed by atoms with van der Waals surface area (Å²) < 4.78 is 4.98. The lowest BCUT2D eigenvalue weighted by atomic mass is 9.89. The first-order valence-electron chi connectivity index (χ1n) is 7.15. The zero-order valence-corrected chi connectivity index (χ0v) is 13.2. The van der Waals surface area contributed by atoms with E-state index in [1.165, 1.54) is 0 Å². The maximum atomic E-state index is 12.9. The molecule has 4 nitrogen and oxygen atoms in total. The minimum Gasteiger partial charge on any atom is -0.360 e. The molecule has 1 amide bonds. The van der Waals surface area contributed by atoms with Crippen LogP contribution in [0.5, 0.6) is 0 Å². The smallest absolute Gasteiger partial charge is 0.255 e. The number of carbonyl (C=O) groups excluding carboxylic acids is 1. The summed E-state index contributed by atoms with van der Waals surface area (Å²) in [6.45, 7) is 1.75. The first-order valence-corrected chi connectivity index (χ1v) is 7.53. The zero-order valence-electron chi connectivity index (χ0n) is 12.5. The lowest BCUT2D eigenvalue weighted by Gasteiger charge is -2.26. The first-order chi connectivity index (χ1) is 11.1. The number of hydrogen-bond donors (Lipinski definition) is 1. The molecule has 3 rings (SSSR count). The molecule has 0 unspecified atom stereocenters. The number of rotatable bonds is 4. The SMILES string of the molecule is Cc1cc(NC(=O)C(Cl)(c2ccccc2)c2ccccc2)no1. The Hall–Kier alpha value is -2.59. The van der Waals surface area contributed by atoms with Crippen LogP contribution in [0.15, 0.2) is 71.3 Å². The van der Waals surface area contributed by atoms with Crippen molar-refractivity contribution in [2.24, 2.45) is 0 Å². The van der Waals surface area contributed by atoms with E-state index in [0.29, 0.717) is 22.7 Å². The summed E-state index contributed by atoms with van der Waals surface area (Å²) in [6, 6.07) is 20.1. The summed E-state index contributed by atoms with van der Waals surface area (Å²) in [5, 5.41) is 6.52. The Bertz CT molecular complexity index is 761. The van der Waals surface area contributed by atoms with Gasteiger partial charge in [-0.1, -0.05) is 77.4 Å². The lowest BCUT2D eigenvalue weighted by Crippen LogP contribution is -2.36. The van der Waals surface area contributed by atoms with Gasteiger partial charge in [0, 0.05) is 6.07 Å². The van der Waals surface area contributed by atoms with Crippen molar-refractivity contribution in [2.45, 2.75) is 11.8 Å². The Morgan fingerprint density at radius 2 is 1.57 bits per heavy atom. The summed E-state index contributed by atoms with van der Waals surface area (Å²) >= 11 is 6.83. The number of aryl methyl sites for hydroxylation is 1. The molecule has 5 heteroatoms. The summed E-state index contributed by atoms with van der Waals surface area (Å²) in [5.41, 5.74) is 1.37. The van der Waals surface area contributed by atoms with Gasteiger partial charge in [0.25, 0.3) is 5.91 Å². The Balaban J connectivity index is 2.03. The van der Waals surface area contributed by atoms with Crippen molar-refractivity contribution in [3.63, 3.8) is 0 Å². The van der Waals surface area contributed by atoms with Gasteiger partial charge in [0.05, 0.1) is 0 Å². The third-order valence-electron chi connectivity index (χ3n) is 3.53. The molecule has 1 N–H and O–H groups in total. The number of carbonyl (C=O) groups is 1. The number of nitrogens with one attached hydrogen (secondary N) is 1. The Kier molecular flexibility index (Phi) is 4.17. The van der Waals surface area contributed by atoms with E-state index < -0.39 is 4.87 Å². The van der Waals surface area contributed by atoms with Gasteiger partial charge in [-0.2, -0.15) is 0 Å². The highest BCUT2D eigenvalue weighted by Gasteiger charge is 2.40. The lowest BCUT2D eigenvalue weighted by molar-refractivity contribution is -0.118. The van der Waals surface area contributed by atoms with Gasteiger partial charge in [0.1, 0.15) is 5.76 Å². The predicted octanol–water partition coefficient (Wildman–Crippen LogP) is 4.10. The summed E-state index contributed by atoms with van der Waals surface area (Å²) in [6.07, 6.45) is 0. The quantitative estimate of drug-likeness (QED) is 0.734. The Morgan fingerprint density at radius 3 is 2.00 bits per heavy atom. The molecule has 3 aromatic rings. The fourth-order valence-corrected chi connectivity index (χ4v) is 2.69. The van der Waals surface area contributed by atoms with Crippen LogP contribution in [0, 0.1) is 6.92 Å². The third-order valence-corrected chi connectivity index (χ3v) is 4.13. The molecule has 2 aromatic carbocycles. The molecular weight excluding hydrogens is 312 g/mol. The highest BCUT2D eigenvalue weighted by molar-refractivity contribution is 6.38. The number of benzene rings is 2. The number of nitrogens with zero attached hydrogens (tertiary/aromatic N) is 1. The van der Waals surface area contributed by atoms with Gasteiger partial charge in [-0.3, -0.25) is 4.79 Å². The molecule has 23 heavy (non-hydrogen) atoms. The molecule has 0 aliphatic rings. The highest BCUT2D eigenvalue weighted by atomic mass is 35.5. The van der Waals surface area contributed by atoms with Crippen molar-refractivity contribution in [3.8, 4) is 0 Å². The third kappa shape index (κ3) is 2.98. The summed E-state index contributed by atoms with van der Waals surface area (Å²) in [7, 11) is 0. The van der Waals surface area contributed by atoms with E-state index in [9.17, 15) is 4.79 Å². The molecule has 0 fully saturated rings. The highest BCUT2D eigenvalue weighted by Crippen LogP contribution is 2.37. The number of alkyl halides is 1. The average molecular weight is 327 g/mol. The van der Waals surface area contributed by atoms with E-state index in [1.54, 1.807) is 13.0 Å². The van der Waals surface area contributed by atoms with Gasteiger partial charge in [-0.25, -0.2) is 0 Å². The van der Waals surface area contributed by atoms with Gasteiger partial charge in [-0.05, 0) is 18.1 Å². The van der Waals surface area contributed by atoms with Crippen molar-refractivity contribution >= 4 is 23.3 Å². The molecule has 0 atom stereocenters. The zero-order chi connectivity index (χ0) is 16.3. The number of hydrogen-bond acceptors (Lipinski definition) is 3. The van der Waals surface area contributed by atoms with E-state index in [0.717, 1.165) is 0 Å². The minimum atomic E-state index is -1.35. The van der Waals surface area contributed by atoms with E-state index in [4.69, 9.17) is 16.1 Å². The average Bonchev–Trinajstić information content (AvgIpc) is 3.00. The van der Waals surface area contributed by atoms with Crippen LogP contribution in [0.25, 0.3) is 0 Å². The number of anilines is 1. The van der Waals surface area contributed by atoms with Gasteiger partial charge in [0.15, 0.2) is 10.7 Å². The molecule has 0 aliphatic carbocycles. The van der Waals surface area contributed by atoms with Crippen LogP contribution in [-0.4, -0.2) is 11.1 Å². The van der Waals surface area contributed by atoms with Crippen molar-refractivity contribution in [2.75, 3.05) is 5.32 Å². The van der Waals surface area contributed by atoms with Crippen LogP contribution in [0.2, 0.25) is 0 Å². The van der Waals surface area contributed by atoms with Gasteiger partial charge in [-0.15, -0.1) is 0 Å². The molecule has 0 spiro atoms. The normalized spacial score (nSPS) is 11.2. The van der Waals surface area contributed by atoms with Crippen LogP contribution in [0.4, 0.5) is 5.82 Å². The molecule has 0 saturated heterocycles. The second kappa shape index (κ2) is 6.26. The maximum Gasteiger partial charge on any atom is 0.255 e. The fourth-order valence-electron chi connectivity index (χ4n) is 2.39. The topological polar surface area (TPSA) is 55.1 Å². The number of halogens is 1. The molecule has 0 radical (unpaired) electrons. The van der Waals surface area contributed by atoms with Crippen molar-refractivity contribution in [3.05, 3.63) is 83.6 Å². The van der Waals surface area contributed by atoms with Crippen LogP contribution < -0.4 is 5.32 Å². The monoisotopic (exact) mass is 326 g/mol. The van der Waals surface area contributed by atoms with Gasteiger partial charge >= 0.3 is 0 Å². The summed E-state index contributed by atoms with van der Waals surface area (Å²) in [5.74, 6) is 0.564. The second-order valence-corrected chi connectivity index (χ2v) is 5.73. The minimum absolute atomic E-state index is 0.337. The van der Waals surface area contributed by atoms with E-state index in [-0.39, 0.29) is 5.91 Å². The largest absolute Gasteiger partial charge is 0.360 e. The Morgan fingerprint density at radius 1 is 1.04 bits per heavy atom. The standard InChI is InChI=1S/C18H15ClN2O2/c1-13-12-16(21-23-13)20-17(22)18(19,14-8-4-2-5-9-14)15-10-6-3-7-11-15/h2-12H,1H3,(H,20,21,22). The summed E-state index contributed by atoms with van der Waals surface area (Å²) in [4.78, 5) is 11.6. The molecule has 1 aromatic heterocycles. The van der Waals surface area contributed by atoms with E-state index in [1.807, 2.05) is 60.7 Å². The van der Waals surface area contributed by atoms with Crippen molar-refractivity contribution < 1.29 is 9.32 Å². The van der Waals surface area contributed by atoms with Gasteiger partial charge in [0.2, 0.25) is 0 Å². The molecule has 1 heterocycles. The Labute approximate surface area is 139 Å². The van der Waals surface area contributed by atoms with E-state index in [2.05, 4.69) is 10.5 Å². The number of aromatic nitrogens is 1. The molecular formula is C18H15ClN2O2. The molecule has 116 valence electrons. The van der Waals surface area contributed by atoms with Crippen LogP contribution in [0.1, 0.15) is 16.9 Å². The molecule has 0 saturated carbocycles. The molecule has 0 aliphatic heterocycles. The maximum absolute atomic E-state index is 12.9. The molecule has 0 bridgehead atoms. The predicted molar refractivity (Wildman–Crippen MR) is 89.4 cm³/mol. The van der Waals surface area contributed by atoms with E-state index >= 15 is 0 Å². The van der Waals surface area contributed by atoms with Gasteiger partial charge < -0.3 is 9.84 Å².